The van der Waals surface area contributed by atoms with Gasteiger partial charge in [0.2, 0.25) is 21.8 Å². The number of nitrogens with one attached hydrogen (secondary N) is 1. The van der Waals surface area contributed by atoms with Crippen molar-refractivity contribution in [2.45, 2.75) is 58.7 Å². The summed E-state index contributed by atoms with van der Waals surface area (Å²) >= 11 is 12.4. The molecule has 41 heavy (non-hydrogen) atoms. The lowest BCUT2D eigenvalue weighted by Gasteiger charge is -2.34. The monoisotopic (exact) mass is 617 g/mol. The first-order valence-electron chi connectivity index (χ1n) is 13.4. The number of para-hydroxylation sites is 1. The molecule has 2 amide bonds. The molecular formula is C31H37Cl2N3O4S. The average Bonchev–Trinajstić information content (AvgIpc) is 2.90. The van der Waals surface area contributed by atoms with Gasteiger partial charge in [0.25, 0.3) is 0 Å². The Kier molecular flexibility index (Phi) is 11.2. The first-order chi connectivity index (χ1) is 19.3. The molecule has 0 aromatic heterocycles. The molecule has 0 aliphatic rings. The van der Waals surface area contributed by atoms with Crippen LogP contribution in [0.15, 0.2) is 72.8 Å². The highest BCUT2D eigenvalue weighted by atomic mass is 35.5. The number of benzene rings is 3. The normalized spacial score (nSPS) is 12.3. The number of anilines is 1. The zero-order valence-electron chi connectivity index (χ0n) is 24.0. The fourth-order valence-corrected chi connectivity index (χ4v) is 5.76. The van der Waals surface area contributed by atoms with E-state index in [2.05, 4.69) is 5.32 Å². The largest absolute Gasteiger partial charge is 0.352 e. The molecule has 1 N–H and O–H groups in total. The second kappa shape index (κ2) is 14.2. The first-order valence-corrected chi connectivity index (χ1v) is 16.0. The van der Waals surface area contributed by atoms with E-state index in [4.69, 9.17) is 23.2 Å². The number of halogens is 2. The van der Waals surface area contributed by atoms with Crippen molar-refractivity contribution in [1.82, 2.24) is 10.2 Å². The molecule has 0 saturated carbocycles. The molecule has 10 heteroatoms. The minimum absolute atomic E-state index is 0.0144. The van der Waals surface area contributed by atoms with Gasteiger partial charge in [-0.15, -0.1) is 0 Å². The van der Waals surface area contributed by atoms with Crippen LogP contribution in [0.1, 0.15) is 50.3 Å². The molecule has 0 unspecified atom stereocenters. The topological polar surface area (TPSA) is 86.8 Å². The third kappa shape index (κ3) is 8.96. The summed E-state index contributed by atoms with van der Waals surface area (Å²) in [5, 5.41) is 3.60. The standard InChI is InChI=1S/C31H37Cl2N3O4S/c1-21(2)25-13-9-10-14-28(25)36(41(5,39)40)20-30(37)35(19-24-15-16-26(32)27(33)17-24)29(31(38)34-22(3)4)18-23-11-7-6-8-12-23/h6-17,21-22,29H,18-20H2,1-5H3,(H,34,38)/t29-/m1/s1. The Labute approximate surface area is 253 Å². The summed E-state index contributed by atoms with van der Waals surface area (Å²) in [6.07, 6.45) is 1.31. The van der Waals surface area contributed by atoms with Crippen molar-refractivity contribution in [1.29, 1.82) is 0 Å². The van der Waals surface area contributed by atoms with Crippen molar-refractivity contribution in [3.63, 3.8) is 0 Å². The number of hydrogen-bond acceptors (Lipinski definition) is 4. The molecule has 0 aliphatic heterocycles. The molecule has 0 radical (unpaired) electrons. The first kappa shape index (κ1) is 32.4. The lowest BCUT2D eigenvalue weighted by Crippen LogP contribution is -2.54. The number of amides is 2. The quantitative estimate of drug-likeness (QED) is 0.268. The van der Waals surface area contributed by atoms with Crippen LogP contribution in [-0.2, 0) is 32.6 Å². The van der Waals surface area contributed by atoms with Gasteiger partial charge >= 0.3 is 0 Å². The highest BCUT2D eigenvalue weighted by Crippen LogP contribution is 2.30. The summed E-state index contributed by atoms with van der Waals surface area (Å²) in [5.41, 5.74) is 2.73. The third-order valence-electron chi connectivity index (χ3n) is 6.55. The molecule has 3 aromatic carbocycles. The molecule has 0 saturated heterocycles. The number of nitrogens with zero attached hydrogens (tertiary/aromatic N) is 2. The van der Waals surface area contributed by atoms with Crippen molar-refractivity contribution >= 4 is 50.7 Å². The summed E-state index contributed by atoms with van der Waals surface area (Å²) in [4.78, 5) is 29.3. The molecule has 3 aromatic rings. The van der Waals surface area contributed by atoms with E-state index >= 15 is 0 Å². The SMILES string of the molecule is CC(C)NC(=O)[C@@H](Cc1ccccc1)N(Cc1ccc(Cl)c(Cl)c1)C(=O)CN(c1ccccc1C(C)C)S(C)(=O)=O. The lowest BCUT2D eigenvalue weighted by atomic mass is 10.0. The van der Waals surface area contributed by atoms with Crippen LogP contribution in [0.2, 0.25) is 10.0 Å². The van der Waals surface area contributed by atoms with E-state index in [0.717, 1.165) is 21.7 Å². The molecule has 7 nitrogen and oxygen atoms in total. The van der Waals surface area contributed by atoms with Gasteiger partial charge < -0.3 is 10.2 Å². The van der Waals surface area contributed by atoms with E-state index in [0.29, 0.717) is 21.3 Å². The predicted octanol–water partition coefficient (Wildman–Crippen LogP) is 6.05. The van der Waals surface area contributed by atoms with Gasteiger partial charge in [-0.05, 0) is 54.7 Å². The van der Waals surface area contributed by atoms with Gasteiger partial charge in [-0.2, -0.15) is 0 Å². The van der Waals surface area contributed by atoms with E-state index in [9.17, 15) is 18.0 Å². The summed E-state index contributed by atoms with van der Waals surface area (Å²) in [5.74, 6) is -0.855. The number of rotatable bonds is 12. The second-order valence-electron chi connectivity index (χ2n) is 10.6. The summed E-state index contributed by atoms with van der Waals surface area (Å²) in [7, 11) is -3.86. The van der Waals surface area contributed by atoms with E-state index < -0.39 is 28.5 Å². The van der Waals surface area contributed by atoms with Gasteiger partial charge in [-0.25, -0.2) is 8.42 Å². The van der Waals surface area contributed by atoms with Crippen molar-refractivity contribution < 1.29 is 18.0 Å². The van der Waals surface area contributed by atoms with Gasteiger partial charge in [0.05, 0.1) is 22.0 Å². The molecule has 0 bridgehead atoms. The maximum atomic E-state index is 14.2. The van der Waals surface area contributed by atoms with Crippen LogP contribution in [0.3, 0.4) is 0 Å². The molecule has 220 valence electrons. The van der Waals surface area contributed by atoms with Crippen LogP contribution in [0.25, 0.3) is 0 Å². The Hall–Kier alpha value is -3.07. The maximum absolute atomic E-state index is 14.2. The van der Waals surface area contributed by atoms with E-state index in [-0.39, 0.29) is 30.8 Å². The average molecular weight is 619 g/mol. The van der Waals surface area contributed by atoms with Crippen molar-refractivity contribution in [2.24, 2.45) is 0 Å². The van der Waals surface area contributed by atoms with E-state index in [1.165, 1.54) is 4.90 Å². The summed E-state index contributed by atoms with van der Waals surface area (Å²) < 4.78 is 27.3. The van der Waals surface area contributed by atoms with Gasteiger partial charge in [-0.1, -0.05) is 91.6 Å². The molecule has 0 aliphatic carbocycles. The van der Waals surface area contributed by atoms with Crippen LogP contribution in [0, 0.1) is 0 Å². The van der Waals surface area contributed by atoms with Gasteiger partial charge in [0.1, 0.15) is 12.6 Å². The fraction of sp³-hybridized carbons (Fsp3) is 0.355. The van der Waals surface area contributed by atoms with Crippen LogP contribution >= 0.6 is 23.2 Å². The van der Waals surface area contributed by atoms with E-state index in [1.807, 2.05) is 70.2 Å². The number of hydrogen-bond donors (Lipinski definition) is 1. The maximum Gasteiger partial charge on any atom is 0.244 e. The number of carbonyl (C=O) groups is 2. The second-order valence-corrected chi connectivity index (χ2v) is 13.3. The Bertz CT molecular complexity index is 1460. The Morgan fingerprint density at radius 2 is 1.49 bits per heavy atom. The van der Waals surface area contributed by atoms with Gasteiger partial charge in [0, 0.05) is 19.0 Å². The zero-order chi connectivity index (χ0) is 30.3. The van der Waals surface area contributed by atoms with Crippen LogP contribution in [0.5, 0.6) is 0 Å². The molecule has 3 rings (SSSR count). The van der Waals surface area contributed by atoms with Crippen molar-refractivity contribution in [2.75, 3.05) is 17.1 Å². The van der Waals surface area contributed by atoms with Crippen LogP contribution in [-0.4, -0.2) is 50.0 Å². The number of sulfonamides is 1. The Balaban J connectivity index is 2.11. The molecule has 0 heterocycles. The Morgan fingerprint density at radius 3 is 2.07 bits per heavy atom. The van der Waals surface area contributed by atoms with Crippen LogP contribution in [0.4, 0.5) is 5.69 Å². The predicted molar refractivity (Wildman–Crippen MR) is 167 cm³/mol. The zero-order valence-corrected chi connectivity index (χ0v) is 26.3. The Morgan fingerprint density at radius 1 is 0.854 bits per heavy atom. The van der Waals surface area contributed by atoms with Crippen molar-refractivity contribution in [3.05, 3.63) is 99.5 Å². The molecule has 1 atom stereocenters. The summed E-state index contributed by atoms with van der Waals surface area (Å²) in [6.45, 7) is 7.15. The number of carbonyl (C=O) groups excluding carboxylic acids is 2. The third-order valence-corrected chi connectivity index (χ3v) is 8.41. The molecule has 0 fully saturated rings. The van der Waals surface area contributed by atoms with Gasteiger partial charge in [0.15, 0.2) is 0 Å². The van der Waals surface area contributed by atoms with Gasteiger partial charge in [-0.3, -0.25) is 13.9 Å². The van der Waals surface area contributed by atoms with Crippen LogP contribution < -0.4 is 9.62 Å². The van der Waals surface area contributed by atoms with E-state index in [1.54, 1.807) is 30.3 Å². The molecule has 0 spiro atoms. The minimum atomic E-state index is -3.86. The molecular weight excluding hydrogens is 581 g/mol. The smallest absolute Gasteiger partial charge is 0.244 e. The summed E-state index contributed by atoms with van der Waals surface area (Å²) in [6, 6.07) is 20.4. The highest BCUT2D eigenvalue weighted by molar-refractivity contribution is 7.92. The fourth-order valence-electron chi connectivity index (χ4n) is 4.57. The minimum Gasteiger partial charge on any atom is -0.352 e. The lowest BCUT2D eigenvalue weighted by molar-refractivity contribution is -0.140. The highest BCUT2D eigenvalue weighted by Gasteiger charge is 2.34. The van der Waals surface area contributed by atoms with Crippen molar-refractivity contribution in [3.8, 4) is 0 Å².